The molecule has 2 heterocycles. The number of nitrogens with zero attached hydrogens (tertiary/aromatic N) is 4. The zero-order valence-corrected chi connectivity index (χ0v) is 14.8. The van der Waals surface area contributed by atoms with Crippen molar-refractivity contribution in [1.29, 1.82) is 0 Å². The highest BCUT2D eigenvalue weighted by molar-refractivity contribution is 5.97. The number of H-pyrrole nitrogens is 1. The Hall–Kier alpha value is -2.83. The van der Waals surface area contributed by atoms with Crippen LogP contribution in [0.3, 0.4) is 0 Å². The molecule has 1 N–H and O–H groups in total. The summed E-state index contributed by atoms with van der Waals surface area (Å²) in [5, 5.41) is 0. The molecule has 0 aliphatic carbocycles. The van der Waals surface area contributed by atoms with Gasteiger partial charge in [0, 0.05) is 44.6 Å². The van der Waals surface area contributed by atoms with Gasteiger partial charge in [-0.3, -0.25) is 9.36 Å². The van der Waals surface area contributed by atoms with Crippen molar-refractivity contribution in [3.05, 3.63) is 52.5 Å². The van der Waals surface area contributed by atoms with Gasteiger partial charge in [0.25, 0.3) is 5.91 Å². The number of aromatic amines is 1. The third-order valence-corrected chi connectivity index (χ3v) is 4.50. The zero-order chi connectivity index (χ0) is 18.0. The van der Waals surface area contributed by atoms with Gasteiger partial charge in [-0.05, 0) is 38.5 Å². The molecule has 0 spiro atoms. The number of hydrogen-bond donors (Lipinski definition) is 1. The molecule has 132 valence electrons. The fourth-order valence-electron chi connectivity index (χ4n) is 3.05. The number of amides is 1. The van der Waals surface area contributed by atoms with E-state index in [9.17, 15) is 9.59 Å². The quantitative estimate of drug-likeness (QED) is 0.745. The first-order valence-corrected chi connectivity index (χ1v) is 8.47. The molecule has 3 rings (SSSR count). The molecule has 0 fully saturated rings. The second-order valence-corrected chi connectivity index (χ2v) is 6.15. The van der Waals surface area contributed by atoms with Gasteiger partial charge in [-0.1, -0.05) is 0 Å². The van der Waals surface area contributed by atoms with Gasteiger partial charge in [0.2, 0.25) is 0 Å². The zero-order valence-electron chi connectivity index (χ0n) is 14.8. The molecule has 1 amide bonds. The molecule has 7 heteroatoms. The molecule has 0 aliphatic rings. The van der Waals surface area contributed by atoms with Crippen molar-refractivity contribution in [1.82, 2.24) is 24.0 Å². The Morgan fingerprint density at radius 2 is 2.16 bits per heavy atom. The molecular weight excluding hydrogens is 318 g/mol. The fraction of sp³-hybridized carbons (Fsp3) is 0.389. The molecule has 0 unspecified atom stereocenters. The van der Waals surface area contributed by atoms with Gasteiger partial charge in [0.15, 0.2) is 0 Å². The smallest absolute Gasteiger partial charge is 0.326 e. The summed E-state index contributed by atoms with van der Waals surface area (Å²) in [4.78, 5) is 33.2. The lowest BCUT2D eigenvalue weighted by molar-refractivity contribution is 0.0792. The minimum absolute atomic E-state index is 0.0469. The molecule has 0 bridgehead atoms. The van der Waals surface area contributed by atoms with Gasteiger partial charge in [0.05, 0.1) is 11.0 Å². The number of fused-ring (bicyclic) bond motifs is 1. The van der Waals surface area contributed by atoms with E-state index in [2.05, 4.69) is 14.5 Å². The molecule has 1 aromatic carbocycles. The summed E-state index contributed by atoms with van der Waals surface area (Å²) in [5.74, 6) is 0.929. The first-order chi connectivity index (χ1) is 12.0. The highest BCUT2D eigenvalue weighted by Gasteiger charge is 2.14. The lowest BCUT2D eigenvalue weighted by atomic mass is 10.1. The molecular formula is C18H23N5O2. The largest absolute Gasteiger partial charge is 0.342 e. The fourth-order valence-corrected chi connectivity index (χ4v) is 3.05. The van der Waals surface area contributed by atoms with E-state index in [-0.39, 0.29) is 11.6 Å². The van der Waals surface area contributed by atoms with Crippen molar-refractivity contribution < 1.29 is 4.79 Å². The summed E-state index contributed by atoms with van der Waals surface area (Å²) in [6.45, 7) is 5.96. The predicted octanol–water partition coefficient (Wildman–Crippen LogP) is 2.02. The molecule has 0 aliphatic heterocycles. The Morgan fingerprint density at radius 3 is 2.84 bits per heavy atom. The minimum atomic E-state index is -0.147. The molecule has 2 aromatic heterocycles. The molecule has 0 saturated heterocycles. The summed E-state index contributed by atoms with van der Waals surface area (Å²) in [5.41, 5.74) is 1.95. The number of nitrogens with one attached hydrogen (secondary N) is 1. The highest BCUT2D eigenvalue weighted by atomic mass is 16.2. The van der Waals surface area contributed by atoms with Gasteiger partial charge in [-0.2, -0.15) is 0 Å². The summed E-state index contributed by atoms with van der Waals surface area (Å²) >= 11 is 0. The maximum Gasteiger partial charge on any atom is 0.326 e. The van der Waals surface area contributed by atoms with E-state index in [0.717, 1.165) is 24.3 Å². The van der Waals surface area contributed by atoms with Gasteiger partial charge in [-0.25, -0.2) is 9.78 Å². The Labute approximate surface area is 145 Å². The third kappa shape index (κ3) is 3.35. The number of imidazole rings is 2. The van der Waals surface area contributed by atoms with Crippen LogP contribution in [-0.4, -0.2) is 43.5 Å². The van der Waals surface area contributed by atoms with Crippen LogP contribution in [0.15, 0.2) is 35.4 Å². The van der Waals surface area contributed by atoms with Crippen LogP contribution >= 0.6 is 0 Å². The predicted molar refractivity (Wildman–Crippen MR) is 96.8 cm³/mol. The van der Waals surface area contributed by atoms with Gasteiger partial charge >= 0.3 is 5.69 Å². The van der Waals surface area contributed by atoms with Crippen molar-refractivity contribution >= 4 is 16.9 Å². The van der Waals surface area contributed by atoms with Crippen LogP contribution in [0, 0.1) is 6.92 Å². The van der Waals surface area contributed by atoms with Crippen molar-refractivity contribution in [3.8, 4) is 0 Å². The van der Waals surface area contributed by atoms with Crippen LogP contribution in [0.4, 0.5) is 0 Å². The van der Waals surface area contributed by atoms with Crippen molar-refractivity contribution in [2.45, 2.75) is 33.4 Å². The van der Waals surface area contributed by atoms with Gasteiger partial charge in [0.1, 0.15) is 5.82 Å². The Balaban J connectivity index is 1.68. The lowest BCUT2D eigenvalue weighted by Gasteiger charge is -2.17. The monoisotopic (exact) mass is 341 g/mol. The SMILES string of the molecule is CCn1c(=O)[nH]c2cc(C(=O)N(C)CCCn3ccnc3C)ccc21. The summed E-state index contributed by atoms with van der Waals surface area (Å²) in [7, 11) is 1.80. The van der Waals surface area contributed by atoms with Gasteiger partial charge in [-0.15, -0.1) is 0 Å². The maximum absolute atomic E-state index is 12.6. The van der Waals surface area contributed by atoms with Crippen LogP contribution in [-0.2, 0) is 13.1 Å². The van der Waals surface area contributed by atoms with Crippen LogP contribution in [0.25, 0.3) is 11.0 Å². The van der Waals surface area contributed by atoms with Gasteiger partial charge < -0.3 is 14.5 Å². The molecule has 0 saturated carbocycles. The van der Waals surface area contributed by atoms with E-state index in [1.807, 2.05) is 26.1 Å². The molecule has 3 aromatic rings. The van der Waals surface area contributed by atoms with E-state index < -0.39 is 0 Å². The summed E-state index contributed by atoms with van der Waals surface area (Å²) < 4.78 is 3.73. The maximum atomic E-state index is 12.6. The first kappa shape index (κ1) is 17.0. The Kier molecular flexibility index (Phi) is 4.74. The van der Waals surface area contributed by atoms with Crippen molar-refractivity contribution in [2.24, 2.45) is 0 Å². The second kappa shape index (κ2) is 6.96. The number of rotatable bonds is 6. The van der Waals surface area contributed by atoms with Crippen LogP contribution in [0.1, 0.15) is 29.5 Å². The van der Waals surface area contributed by atoms with E-state index in [1.54, 1.807) is 34.8 Å². The lowest BCUT2D eigenvalue weighted by Crippen LogP contribution is -2.28. The number of hydrogen-bond acceptors (Lipinski definition) is 3. The number of benzene rings is 1. The van der Waals surface area contributed by atoms with Crippen LogP contribution in [0.2, 0.25) is 0 Å². The van der Waals surface area contributed by atoms with Crippen molar-refractivity contribution in [3.63, 3.8) is 0 Å². The molecule has 0 atom stereocenters. The average molecular weight is 341 g/mol. The van der Waals surface area contributed by atoms with Crippen molar-refractivity contribution in [2.75, 3.05) is 13.6 Å². The van der Waals surface area contributed by atoms with E-state index in [4.69, 9.17) is 0 Å². The normalized spacial score (nSPS) is 11.2. The summed E-state index contributed by atoms with van der Waals surface area (Å²) in [6, 6.07) is 5.36. The summed E-state index contributed by atoms with van der Waals surface area (Å²) in [6.07, 6.45) is 4.58. The topological polar surface area (TPSA) is 75.9 Å². The standard InChI is InChI=1S/C18H23N5O2/c1-4-23-16-7-6-14(12-15(16)20-18(23)25)17(24)21(3)9-5-10-22-11-8-19-13(22)2/h6-8,11-12H,4-5,9-10H2,1-3H3,(H,20,25). The van der Waals surface area contributed by atoms with E-state index >= 15 is 0 Å². The molecule has 25 heavy (non-hydrogen) atoms. The van der Waals surface area contributed by atoms with Crippen LogP contribution in [0.5, 0.6) is 0 Å². The molecule has 7 nitrogen and oxygen atoms in total. The Bertz CT molecular complexity index is 950. The van der Waals surface area contributed by atoms with E-state index in [0.29, 0.717) is 24.2 Å². The first-order valence-electron chi connectivity index (χ1n) is 8.47. The number of aryl methyl sites for hydroxylation is 3. The van der Waals surface area contributed by atoms with Crippen LogP contribution < -0.4 is 5.69 Å². The number of aromatic nitrogens is 4. The highest BCUT2D eigenvalue weighted by Crippen LogP contribution is 2.14. The third-order valence-electron chi connectivity index (χ3n) is 4.50. The Morgan fingerprint density at radius 1 is 1.36 bits per heavy atom. The minimum Gasteiger partial charge on any atom is -0.342 e. The average Bonchev–Trinajstić information content (AvgIpc) is 3.15. The molecule has 0 radical (unpaired) electrons. The number of carbonyl (C=O) groups excluding carboxylic acids is 1. The van der Waals surface area contributed by atoms with E-state index in [1.165, 1.54) is 0 Å². The second-order valence-electron chi connectivity index (χ2n) is 6.15. The number of carbonyl (C=O) groups is 1.